The van der Waals surface area contributed by atoms with E-state index in [1.165, 1.54) is 0 Å². The van der Waals surface area contributed by atoms with Crippen molar-refractivity contribution in [1.82, 2.24) is 5.32 Å². The first-order chi connectivity index (χ1) is 27.6. The summed E-state index contributed by atoms with van der Waals surface area (Å²) in [5, 5.41) is 2.76. The highest BCUT2D eigenvalue weighted by Gasteiger charge is 2.39. The molecule has 6 aromatic carbocycles. The molecule has 0 unspecified atom stereocenters. The summed E-state index contributed by atoms with van der Waals surface area (Å²) in [5.74, 6) is 1.13. The molecule has 6 aromatic rings. The predicted molar refractivity (Wildman–Crippen MR) is 216 cm³/mol. The van der Waals surface area contributed by atoms with Crippen molar-refractivity contribution in [2.24, 2.45) is 0 Å². The number of carbonyl (C=O) groups excluding carboxylic acids is 1. The van der Waals surface area contributed by atoms with E-state index in [0.29, 0.717) is 56.3 Å². The van der Waals surface area contributed by atoms with Gasteiger partial charge in [0.1, 0.15) is 24.7 Å². The van der Waals surface area contributed by atoms with Crippen LogP contribution in [-0.4, -0.2) is 31.8 Å². The summed E-state index contributed by atoms with van der Waals surface area (Å²) in [6.07, 6.45) is -1.35. The maximum atomic E-state index is 12.9. The van der Waals surface area contributed by atoms with Crippen molar-refractivity contribution in [3.63, 3.8) is 0 Å². The molecule has 7 rings (SSSR count). The molecule has 1 aliphatic heterocycles. The number of amides is 1. The van der Waals surface area contributed by atoms with E-state index in [1.807, 2.05) is 146 Å². The van der Waals surface area contributed by atoms with Crippen LogP contribution in [0.4, 0.5) is 0 Å². The molecule has 1 fully saturated rings. The van der Waals surface area contributed by atoms with Gasteiger partial charge in [0.15, 0.2) is 6.29 Å². The molecule has 0 bridgehead atoms. The van der Waals surface area contributed by atoms with Crippen molar-refractivity contribution in [3.8, 4) is 22.6 Å². The van der Waals surface area contributed by atoms with Crippen LogP contribution in [0.1, 0.15) is 50.7 Å². The van der Waals surface area contributed by atoms with Gasteiger partial charge in [-0.15, -0.1) is 0 Å². The van der Waals surface area contributed by atoms with Gasteiger partial charge >= 0.3 is 0 Å². The molecule has 1 saturated heterocycles. The average molecular weight is 750 g/mol. The van der Waals surface area contributed by atoms with Gasteiger partial charge in [-0.2, -0.15) is 0 Å². The lowest BCUT2D eigenvalue weighted by Gasteiger charge is -2.24. The van der Waals surface area contributed by atoms with Crippen molar-refractivity contribution in [1.29, 1.82) is 0 Å². The first kappa shape index (κ1) is 38.5. The Bertz CT molecular complexity index is 2090. The summed E-state index contributed by atoms with van der Waals surface area (Å²) >= 11 is 0. The van der Waals surface area contributed by atoms with Gasteiger partial charge in [-0.05, 0) is 57.5 Å². The van der Waals surface area contributed by atoms with Crippen molar-refractivity contribution in [3.05, 3.63) is 191 Å². The number of carbonyl (C=O) groups is 1. The van der Waals surface area contributed by atoms with Crippen LogP contribution >= 0.6 is 0 Å². The second kappa shape index (κ2) is 19.2. The lowest BCUT2D eigenvalue weighted by molar-refractivity contribution is -0.200. The molecular weight excluding hydrogens is 703 g/mol. The Balaban J connectivity index is 1.28. The average Bonchev–Trinajstić information content (AvgIpc) is 3.65. The van der Waals surface area contributed by atoms with E-state index in [1.54, 1.807) is 13.1 Å². The molecule has 0 aromatic heterocycles. The molecule has 1 aliphatic rings. The normalized spacial score (nSPS) is 15.4. The standard InChI is InChI=1S/C48H47NO7/c1-3-40-41(28-44-55-47(53-32-36-21-12-6-13-22-36)48(56-44)54-33-37-23-14-7-15-24-37)45(38-25-16-26-39(27-38)46(50)49-2)43(52-31-35-19-10-5-11-20-35)29-42(40)51-30-34-17-8-4-9-18-34/h4-27,29,44,47-48H,3,28,30-33H2,1-2H3,(H,49,50)/t47-,48-/m1/s1. The number of rotatable bonds is 17. The zero-order chi connectivity index (χ0) is 38.5. The molecule has 56 heavy (non-hydrogen) atoms. The molecule has 286 valence electrons. The third kappa shape index (κ3) is 9.90. The first-order valence-electron chi connectivity index (χ1n) is 19.0. The quantitative estimate of drug-likeness (QED) is 0.0995. The van der Waals surface area contributed by atoms with Crippen molar-refractivity contribution in [2.45, 2.75) is 65.1 Å². The van der Waals surface area contributed by atoms with E-state index in [2.05, 4.69) is 12.2 Å². The van der Waals surface area contributed by atoms with Crippen LogP contribution in [-0.2, 0) is 58.2 Å². The smallest absolute Gasteiger partial charge is 0.251 e. The van der Waals surface area contributed by atoms with Gasteiger partial charge in [0.05, 0.1) is 13.2 Å². The molecule has 1 N–H and O–H groups in total. The van der Waals surface area contributed by atoms with E-state index in [0.717, 1.165) is 44.5 Å². The third-order valence-electron chi connectivity index (χ3n) is 9.62. The van der Waals surface area contributed by atoms with Crippen molar-refractivity contribution < 1.29 is 33.2 Å². The number of ether oxygens (including phenoxy) is 6. The summed E-state index contributed by atoms with van der Waals surface area (Å²) in [5.41, 5.74) is 8.17. The van der Waals surface area contributed by atoms with Crippen LogP contribution in [0.25, 0.3) is 11.1 Å². The van der Waals surface area contributed by atoms with Gasteiger partial charge in [-0.3, -0.25) is 4.79 Å². The highest BCUT2D eigenvalue weighted by molar-refractivity contribution is 5.95. The third-order valence-corrected chi connectivity index (χ3v) is 9.62. The summed E-state index contributed by atoms with van der Waals surface area (Å²) in [7, 11) is 1.63. The number of nitrogens with one attached hydrogen (secondary N) is 1. The van der Waals surface area contributed by atoms with Gasteiger partial charge in [0.2, 0.25) is 12.6 Å². The Morgan fingerprint density at radius 1 is 0.571 bits per heavy atom. The maximum Gasteiger partial charge on any atom is 0.251 e. The van der Waals surface area contributed by atoms with Crippen molar-refractivity contribution >= 4 is 5.91 Å². The van der Waals surface area contributed by atoms with Gasteiger partial charge in [-0.1, -0.05) is 140 Å². The molecule has 2 atom stereocenters. The van der Waals surface area contributed by atoms with Gasteiger partial charge in [-0.25, -0.2) is 0 Å². The zero-order valence-electron chi connectivity index (χ0n) is 31.8. The van der Waals surface area contributed by atoms with E-state index in [4.69, 9.17) is 28.4 Å². The number of benzene rings is 6. The van der Waals surface area contributed by atoms with Crippen LogP contribution in [0.3, 0.4) is 0 Å². The molecule has 8 nitrogen and oxygen atoms in total. The summed E-state index contributed by atoms with van der Waals surface area (Å²) in [6.45, 7) is 3.46. The molecule has 0 spiro atoms. The zero-order valence-corrected chi connectivity index (χ0v) is 31.8. The van der Waals surface area contributed by atoms with Gasteiger partial charge < -0.3 is 33.7 Å². The summed E-state index contributed by atoms with van der Waals surface area (Å²) in [4.78, 5) is 12.9. The van der Waals surface area contributed by atoms with E-state index in [9.17, 15) is 4.79 Å². The Labute approximate surface area is 328 Å². The van der Waals surface area contributed by atoms with Gasteiger partial charge in [0.25, 0.3) is 5.91 Å². The number of hydrogen-bond donors (Lipinski definition) is 1. The van der Waals surface area contributed by atoms with Crippen LogP contribution in [0.5, 0.6) is 11.5 Å². The Morgan fingerprint density at radius 3 is 1.54 bits per heavy atom. The second-order valence-corrected chi connectivity index (χ2v) is 13.5. The second-order valence-electron chi connectivity index (χ2n) is 13.5. The van der Waals surface area contributed by atoms with Crippen LogP contribution in [0.2, 0.25) is 0 Å². The first-order valence-corrected chi connectivity index (χ1v) is 19.0. The van der Waals surface area contributed by atoms with E-state index >= 15 is 0 Å². The van der Waals surface area contributed by atoms with E-state index < -0.39 is 18.9 Å². The molecule has 1 amide bonds. The fourth-order valence-corrected chi connectivity index (χ4v) is 6.79. The molecule has 0 radical (unpaired) electrons. The van der Waals surface area contributed by atoms with Crippen molar-refractivity contribution in [2.75, 3.05) is 7.05 Å². The monoisotopic (exact) mass is 749 g/mol. The van der Waals surface area contributed by atoms with Crippen LogP contribution in [0, 0.1) is 0 Å². The van der Waals surface area contributed by atoms with E-state index in [-0.39, 0.29) is 5.91 Å². The highest BCUT2D eigenvalue weighted by Crippen LogP contribution is 2.43. The van der Waals surface area contributed by atoms with Crippen LogP contribution < -0.4 is 14.8 Å². The minimum Gasteiger partial charge on any atom is -0.488 e. The van der Waals surface area contributed by atoms with Gasteiger partial charge in [0, 0.05) is 30.7 Å². The number of hydrogen-bond acceptors (Lipinski definition) is 7. The largest absolute Gasteiger partial charge is 0.488 e. The molecule has 0 aliphatic carbocycles. The fraction of sp³-hybridized carbons (Fsp3) is 0.229. The maximum absolute atomic E-state index is 12.9. The lowest BCUT2D eigenvalue weighted by Crippen LogP contribution is -2.28. The molecule has 8 heteroatoms. The molecule has 0 saturated carbocycles. The SMILES string of the molecule is CCc1c(OCc2ccccc2)cc(OCc2ccccc2)c(-c2cccc(C(=O)NC)c2)c1CC1O[C@@H](OCc2ccccc2)[C@H](OCc2ccccc2)O1. The predicted octanol–water partition coefficient (Wildman–Crippen LogP) is 9.43. The van der Waals surface area contributed by atoms with Crippen LogP contribution in [0.15, 0.2) is 152 Å². The summed E-state index contributed by atoms with van der Waals surface area (Å²) < 4.78 is 39.2. The fourth-order valence-electron chi connectivity index (χ4n) is 6.79. The highest BCUT2D eigenvalue weighted by atomic mass is 16.9. The molecular formula is C48H47NO7. The Morgan fingerprint density at radius 2 is 1.05 bits per heavy atom. The lowest BCUT2D eigenvalue weighted by atomic mass is 9.89. The topological polar surface area (TPSA) is 84.5 Å². The molecule has 1 heterocycles. The minimum atomic E-state index is -0.791. The minimum absolute atomic E-state index is 0.182. The summed E-state index contributed by atoms with van der Waals surface area (Å²) in [6, 6.07) is 49.6. The Kier molecular flexibility index (Phi) is 13.2. The Hall–Kier alpha value is -5.77.